The number of amidine groups is 1. The summed E-state index contributed by atoms with van der Waals surface area (Å²) in [7, 11) is 1.65. The van der Waals surface area contributed by atoms with E-state index in [0.717, 1.165) is 31.3 Å². The zero-order valence-electron chi connectivity index (χ0n) is 18.1. The van der Waals surface area contributed by atoms with Crippen LogP contribution in [0.4, 0.5) is 20.2 Å². The van der Waals surface area contributed by atoms with Gasteiger partial charge in [0.05, 0.1) is 0 Å². The molecule has 0 aromatic heterocycles. The molecule has 2 aliphatic heterocycles. The molecule has 6 nitrogen and oxygen atoms in total. The van der Waals surface area contributed by atoms with Crippen LogP contribution in [0.15, 0.2) is 87.4 Å². The third-order valence-corrected chi connectivity index (χ3v) is 5.19. The van der Waals surface area contributed by atoms with Crippen molar-refractivity contribution in [2.45, 2.75) is 13.0 Å². The molecule has 2 heterocycles. The van der Waals surface area contributed by atoms with Gasteiger partial charge < -0.3 is 21.7 Å². The minimum atomic E-state index is -0.688. The fourth-order valence-corrected chi connectivity index (χ4v) is 3.68. The second-order valence-electron chi connectivity index (χ2n) is 7.53. The van der Waals surface area contributed by atoms with Crippen LogP contribution in [0, 0.1) is 11.6 Å². The van der Waals surface area contributed by atoms with Crippen LogP contribution >= 0.6 is 0 Å². The Morgan fingerprint density at radius 3 is 2.70 bits per heavy atom. The molecule has 5 N–H and O–H groups in total. The van der Waals surface area contributed by atoms with E-state index < -0.39 is 11.6 Å². The minimum Gasteiger partial charge on any atom is -0.404 e. The average molecular weight is 447 g/mol. The Morgan fingerprint density at radius 2 is 1.94 bits per heavy atom. The number of aliphatic imine (C=N–C) groups is 2. The fourth-order valence-electron chi connectivity index (χ4n) is 3.68. The largest absolute Gasteiger partial charge is 0.404 e. The van der Waals surface area contributed by atoms with E-state index in [1.165, 1.54) is 29.5 Å². The summed E-state index contributed by atoms with van der Waals surface area (Å²) in [6, 6.07) is 9.37. The molecule has 0 fully saturated rings. The maximum absolute atomic E-state index is 13.6. The Hall–Kier alpha value is -4.00. The number of hydrogen-bond donors (Lipinski definition) is 4. The number of rotatable bonds is 5. The molecule has 2 aromatic rings. The van der Waals surface area contributed by atoms with Gasteiger partial charge in [-0.3, -0.25) is 4.99 Å². The molecule has 0 amide bonds. The van der Waals surface area contributed by atoms with Crippen molar-refractivity contribution in [1.82, 2.24) is 5.32 Å². The first-order valence-electron chi connectivity index (χ1n) is 10.5. The highest BCUT2D eigenvalue weighted by atomic mass is 19.1. The second kappa shape index (κ2) is 10.1. The number of hydrogen-bond acceptors (Lipinski definition) is 6. The number of nitrogens with zero attached hydrogens (tertiary/aromatic N) is 2. The number of halogens is 2. The summed E-state index contributed by atoms with van der Waals surface area (Å²) in [6.45, 7) is 1.77. The van der Waals surface area contributed by atoms with Crippen LogP contribution in [0.1, 0.15) is 11.1 Å². The molecule has 2 aromatic carbocycles. The van der Waals surface area contributed by atoms with Gasteiger partial charge in [-0.2, -0.15) is 0 Å². The van der Waals surface area contributed by atoms with Gasteiger partial charge in [0.1, 0.15) is 17.5 Å². The van der Waals surface area contributed by atoms with Gasteiger partial charge in [-0.25, -0.2) is 13.8 Å². The van der Waals surface area contributed by atoms with E-state index in [1.807, 2.05) is 6.07 Å². The average Bonchev–Trinajstić information content (AvgIpc) is 2.98. The minimum absolute atomic E-state index is 0.222. The summed E-state index contributed by atoms with van der Waals surface area (Å²) in [5.41, 5.74) is 13.8. The van der Waals surface area contributed by atoms with Gasteiger partial charge in [0.2, 0.25) is 0 Å². The number of benzene rings is 2. The Balaban J connectivity index is 1.69. The van der Waals surface area contributed by atoms with E-state index in [2.05, 4.69) is 43.8 Å². The molecule has 2 aliphatic rings. The van der Waals surface area contributed by atoms with Crippen LogP contribution in [0.25, 0.3) is 0 Å². The molecule has 0 spiro atoms. The molecule has 0 aliphatic carbocycles. The van der Waals surface area contributed by atoms with Crippen LogP contribution in [0.3, 0.4) is 0 Å². The van der Waals surface area contributed by atoms with Crippen molar-refractivity contribution >= 4 is 23.4 Å². The van der Waals surface area contributed by atoms with Crippen LogP contribution in [-0.4, -0.2) is 25.6 Å². The number of anilines is 2. The molecule has 0 saturated carbocycles. The van der Waals surface area contributed by atoms with Gasteiger partial charge in [-0.1, -0.05) is 11.8 Å². The van der Waals surface area contributed by atoms with Crippen LogP contribution in [0.5, 0.6) is 0 Å². The first kappa shape index (κ1) is 22.2. The van der Waals surface area contributed by atoms with Crippen molar-refractivity contribution in [3.63, 3.8) is 0 Å². The molecule has 0 unspecified atom stereocenters. The lowest BCUT2D eigenvalue weighted by atomic mass is 10.00. The number of nitrogens with two attached hydrogens (primary N) is 1. The Labute approximate surface area is 191 Å². The highest BCUT2D eigenvalue weighted by Gasteiger charge is 2.16. The van der Waals surface area contributed by atoms with Gasteiger partial charge in [0.25, 0.3) is 0 Å². The van der Waals surface area contributed by atoms with Crippen LogP contribution < -0.4 is 21.7 Å². The number of fused-ring (bicyclic) bond motifs is 1. The Kier molecular flexibility index (Phi) is 6.78. The summed E-state index contributed by atoms with van der Waals surface area (Å²) >= 11 is 0. The lowest BCUT2D eigenvalue weighted by molar-refractivity contribution is 0.584. The van der Waals surface area contributed by atoms with Crippen molar-refractivity contribution in [2.24, 2.45) is 15.7 Å². The van der Waals surface area contributed by atoms with Crippen molar-refractivity contribution < 1.29 is 8.78 Å². The predicted molar refractivity (Wildman–Crippen MR) is 129 cm³/mol. The monoisotopic (exact) mass is 446 g/mol. The number of allylic oxidation sites excluding steroid dienone is 2. The lowest BCUT2D eigenvalue weighted by Crippen LogP contribution is -2.24. The molecule has 33 heavy (non-hydrogen) atoms. The highest BCUT2D eigenvalue weighted by molar-refractivity contribution is 6.16. The summed E-state index contributed by atoms with van der Waals surface area (Å²) in [4.78, 5) is 8.72. The molecule has 4 rings (SSSR count). The molecule has 0 bridgehead atoms. The zero-order chi connectivity index (χ0) is 23.2. The Morgan fingerprint density at radius 1 is 1.12 bits per heavy atom. The Bertz CT molecular complexity index is 1230. The maximum atomic E-state index is 13.6. The zero-order valence-corrected chi connectivity index (χ0v) is 18.1. The normalized spacial score (nSPS) is 16.0. The van der Waals surface area contributed by atoms with Crippen molar-refractivity contribution in [2.75, 3.05) is 24.2 Å². The van der Waals surface area contributed by atoms with Gasteiger partial charge in [0.15, 0.2) is 5.82 Å². The van der Waals surface area contributed by atoms with Gasteiger partial charge >= 0.3 is 0 Å². The van der Waals surface area contributed by atoms with Crippen molar-refractivity contribution in [3.05, 3.63) is 100 Å². The summed E-state index contributed by atoms with van der Waals surface area (Å²) in [5, 5.41) is 9.65. The van der Waals surface area contributed by atoms with E-state index in [-0.39, 0.29) is 11.5 Å². The summed E-state index contributed by atoms with van der Waals surface area (Å²) in [6.07, 6.45) is 7.52. The van der Waals surface area contributed by atoms with Crippen molar-refractivity contribution in [1.29, 1.82) is 0 Å². The third kappa shape index (κ3) is 5.44. The maximum Gasteiger partial charge on any atom is 0.177 e. The first-order valence-corrected chi connectivity index (χ1v) is 10.5. The fraction of sp³-hybridized carbons (Fsp3) is 0.160. The molecule has 0 radical (unpaired) electrons. The topological polar surface area (TPSA) is 86.8 Å². The van der Waals surface area contributed by atoms with Crippen LogP contribution in [-0.2, 0) is 13.0 Å². The molecular weight excluding hydrogens is 422 g/mol. The quantitative estimate of drug-likeness (QED) is 0.413. The SMILES string of the molecule is CN=CC(=CN)C1=CC=C=C(Nc2cc(F)cc(F)c2)N=C1Nc1ccc2c(c1)CNCC2. The van der Waals surface area contributed by atoms with Gasteiger partial charge in [0, 0.05) is 54.6 Å². The molecule has 0 atom stereocenters. The van der Waals surface area contributed by atoms with Crippen LogP contribution in [0.2, 0.25) is 0 Å². The molecular formula is C25H24F2N6. The van der Waals surface area contributed by atoms with E-state index in [1.54, 1.807) is 25.4 Å². The number of nitrogens with one attached hydrogen (secondary N) is 3. The summed E-state index contributed by atoms with van der Waals surface area (Å²) < 4.78 is 27.3. The molecule has 0 saturated heterocycles. The smallest absolute Gasteiger partial charge is 0.177 e. The van der Waals surface area contributed by atoms with Gasteiger partial charge in [-0.15, -0.1) is 0 Å². The van der Waals surface area contributed by atoms with E-state index in [0.29, 0.717) is 17.0 Å². The van der Waals surface area contributed by atoms with E-state index >= 15 is 0 Å². The molecule has 168 valence electrons. The second-order valence-corrected chi connectivity index (χ2v) is 7.53. The lowest BCUT2D eigenvalue weighted by Gasteiger charge is -2.19. The van der Waals surface area contributed by atoms with Crippen molar-refractivity contribution in [3.8, 4) is 0 Å². The third-order valence-electron chi connectivity index (χ3n) is 5.19. The van der Waals surface area contributed by atoms with E-state index in [4.69, 9.17) is 5.73 Å². The highest BCUT2D eigenvalue weighted by Crippen LogP contribution is 2.23. The summed E-state index contributed by atoms with van der Waals surface area (Å²) in [5.74, 6) is -0.617. The van der Waals surface area contributed by atoms with Gasteiger partial charge in [-0.05, 0) is 60.5 Å². The predicted octanol–water partition coefficient (Wildman–Crippen LogP) is 4.01. The van der Waals surface area contributed by atoms with E-state index in [9.17, 15) is 8.78 Å². The molecule has 8 heteroatoms. The standard InChI is InChI=1S/C25H24F2N6/c1-29-14-18(13-28)23-3-2-4-24(31-22-11-19(26)10-20(27)12-22)33-25(23)32-21-6-5-16-7-8-30-15-17(16)9-21/h2-3,5-6,9-14,30-31H,7-8,15,28H2,1H3,(H,32,33). The first-order chi connectivity index (χ1) is 16.1.